The number of benzene rings is 3. The number of alkyl halides is 3. The molecule has 47 heavy (non-hydrogen) atoms. The molecule has 9 nitrogen and oxygen atoms in total. The zero-order valence-corrected chi connectivity index (χ0v) is 26.2. The number of rotatable bonds is 7. The molecule has 3 aromatic carbocycles. The molecule has 0 spiro atoms. The number of hydrogen-bond donors (Lipinski definition) is 1. The summed E-state index contributed by atoms with van der Waals surface area (Å²) in [5.74, 6) is -1.55. The lowest BCUT2D eigenvalue weighted by atomic mass is 9.99. The summed E-state index contributed by atoms with van der Waals surface area (Å²) in [5.41, 5.74) is 2.75. The third-order valence-corrected chi connectivity index (χ3v) is 7.71. The number of amides is 2. The maximum Gasteiger partial charge on any atom is 0.573 e. The van der Waals surface area contributed by atoms with Gasteiger partial charge >= 0.3 is 12.4 Å². The van der Waals surface area contributed by atoms with Crippen molar-refractivity contribution in [3.8, 4) is 11.4 Å². The first kappa shape index (κ1) is 33.6. The molecule has 1 aliphatic rings. The van der Waals surface area contributed by atoms with Gasteiger partial charge in [-0.15, -0.1) is 18.3 Å². The Labute approximate surface area is 271 Å². The van der Waals surface area contributed by atoms with E-state index < -0.39 is 29.7 Å². The lowest BCUT2D eigenvalue weighted by Gasteiger charge is -2.27. The molecule has 1 saturated heterocycles. The van der Waals surface area contributed by atoms with Crippen LogP contribution in [-0.4, -0.2) is 51.4 Å². The van der Waals surface area contributed by atoms with Crippen LogP contribution in [0.3, 0.4) is 0 Å². The number of ether oxygens (including phenoxy) is 2. The Morgan fingerprint density at radius 3 is 2.49 bits per heavy atom. The number of aliphatic imine (C=N–C) groups is 1. The number of halogens is 5. The van der Waals surface area contributed by atoms with Gasteiger partial charge in [0.2, 0.25) is 0 Å². The molecule has 1 aliphatic heterocycles. The highest BCUT2D eigenvalue weighted by atomic mass is 32.2. The summed E-state index contributed by atoms with van der Waals surface area (Å²) in [6.07, 6.45) is -0.725. The van der Waals surface area contributed by atoms with Crippen LogP contribution in [0.2, 0.25) is 0 Å². The Hall–Kier alpha value is -4.76. The number of anilines is 2. The fourth-order valence-corrected chi connectivity index (χ4v) is 5.44. The van der Waals surface area contributed by atoms with Crippen molar-refractivity contribution >= 4 is 46.5 Å². The molecule has 1 N–H and O–H groups in total. The van der Waals surface area contributed by atoms with E-state index in [1.165, 1.54) is 47.1 Å². The van der Waals surface area contributed by atoms with Crippen molar-refractivity contribution in [2.75, 3.05) is 29.3 Å². The maximum absolute atomic E-state index is 15.0. The molecule has 2 heterocycles. The van der Waals surface area contributed by atoms with Crippen LogP contribution in [0.5, 0.6) is 5.75 Å². The smallest absolute Gasteiger partial charge is 0.406 e. The number of amidine groups is 1. The summed E-state index contributed by atoms with van der Waals surface area (Å²) < 4.78 is 78.2. The molecule has 1 aromatic heterocycles. The number of aryl methyl sites for hydroxylation is 1. The van der Waals surface area contributed by atoms with Crippen molar-refractivity contribution in [1.29, 1.82) is 0 Å². The minimum atomic E-state index is -4.81. The summed E-state index contributed by atoms with van der Waals surface area (Å²) in [7, 11) is 0. The van der Waals surface area contributed by atoms with Gasteiger partial charge in [-0.3, -0.25) is 4.90 Å². The van der Waals surface area contributed by atoms with Gasteiger partial charge in [0.25, 0.3) is 0 Å². The molecule has 0 aliphatic carbocycles. The molecule has 0 bridgehead atoms. The SMILES string of the molecule is Cc1ccc(C(C)C)c(N2COCCS/C2=N\C(=O)Nc2c(F)cc(/C=C/c3ncn(-c4ccc(OC(F)(F)F)cc4)n3)cc2F)c1. The van der Waals surface area contributed by atoms with E-state index in [1.54, 1.807) is 4.90 Å². The van der Waals surface area contributed by atoms with E-state index in [0.717, 1.165) is 41.1 Å². The highest BCUT2D eigenvalue weighted by Crippen LogP contribution is 2.32. The van der Waals surface area contributed by atoms with E-state index in [2.05, 4.69) is 39.0 Å². The second kappa shape index (κ2) is 14.3. The first-order chi connectivity index (χ1) is 22.4. The molecule has 0 atom stereocenters. The van der Waals surface area contributed by atoms with Crippen molar-refractivity contribution in [3.05, 3.63) is 95.1 Å². The van der Waals surface area contributed by atoms with Crippen LogP contribution in [0.1, 0.15) is 42.3 Å². The largest absolute Gasteiger partial charge is 0.573 e. The fraction of sp³-hybridized carbons (Fsp3) is 0.250. The molecule has 0 unspecified atom stereocenters. The van der Waals surface area contributed by atoms with Crippen molar-refractivity contribution in [1.82, 2.24) is 14.8 Å². The van der Waals surface area contributed by atoms with Crippen LogP contribution in [-0.2, 0) is 4.74 Å². The second-order valence-corrected chi connectivity index (χ2v) is 11.7. The number of hydrogen-bond acceptors (Lipinski definition) is 6. The van der Waals surface area contributed by atoms with Crippen LogP contribution >= 0.6 is 11.8 Å². The van der Waals surface area contributed by atoms with Gasteiger partial charge in [0, 0.05) is 11.4 Å². The molecule has 1 fully saturated rings. The van der Waals surface area contributed by atoms with E-state index in [4.69, 9.17) is 4.74 Å². The molecule has 0 radical (unpaired) electrons. The normalized spacial score (nSPS) is 15.0. The lowest BCUT2D eigenvalue weighted by molar-refractivity contribution is -0.274. The Morgan fingerprint density at radius 2 is 1.81 bits per heavy atom. The number of urea groups is 1. The number of thioether (sulfide) groups is 1. The molecule has 0 saturated carbocycles. The number of carbonyl (C=O) groups is 1. The van der Waals surface area contributed by atoms with E-state index in [-0.39, 0.29) is 29.8 Å². The van der Waals surface area contributed by atoms with Gasteiger partial charge < -0.3 is 14.8 Å². The summed E-state index contributed by atoms with van der Waals surface area (Å²) in [6.45, 7) is 6.66. The van der Waals surface area contributed by atoms with Gasteiger partial charge in [-0.25, -0.2) is 23.2 Å². The standard InChI is InChI=1S/C32H29F5N6O3S/c1-19(2)24-10-4-20(3)14-27(24)42-18-45-12-13-47-31(42)40-30(44)39-29-25(33)15-21(16-26(29)34)5-11-28-38-17-43(41-28)22-6-8-23(9-7-22)46-32(35,36)37/h4-11,14-17,19H,12-13,18H2,1-3H3,(H,39,44)/b11-5+,40-31-. The van der Waals surface area contributed by atoms with Gasteiger partial charge in [0.1, 0.15) is 36.1 Å². The fourth-order valence-electron chi connectivity index (χ4n) is 4.60. The topological polar surface area (TPSA) is 93.9 Å². The average molecular weight is 673 g/mol. The molecule has 246 valence electrons. The predicted octanol–water partition coefficient (Wildman–Crippen LogP) is 8.16. The molecule has 2 amide bonds. The van der Waals surface area contributed by atoms with Gasteiger partial charge in [0.05, 0.1) is 12.3 Å². The van der Waals surface area contributed by atoms with Crippen LogP contribution in [0.4, 0.5) is 38.1 Å². The Kier molecular flexibility index (Phi) is 10.3. The van der Waals surface area contributed by atoms with Crippen LogP contribution < -0.4 is 15.0 Å². The zero-order chi connectivity index (χ0) is 33.7. The van der Waals surface area contributed by atoms with Crippen molar-refractivity contribution in [3.63, 3.8) is 0 Å². The summed E-state index contributed by atoms with van der Waals surface area (Å²) in [6, 6.07) is 12.1. The maximum atomic E-state index is 15.0. The Morgan fingerprint density at radius 1 is 1.09 bits per heavy atom. The lowest BCUT2D eigenvalue weighted by Crippen LogP contribution is -2.32. The number of aromatic nitrogens is 3. The van der Waals surface area contributed by atoms with Crippen molar-refractivity contribution < 1.29 is 36.2 Å². The molecule has 15 heteroatoms. The van der Waals surface area contributed by atoms with Gasteiger partial charge in [0.15, 0.2) is 11.0 Å². The van der Waals surface area contributed by atoms with E-state index >= 15 is 8.78 Å². The molecule has 5 rings (SSSR count). The summed E-state index contributed by atoms with van der Waals surface area (Å²) in [4.78, 5) is 23.0. The first-order valence-corrected chi connectivity index (χ1v) is 15.3. The highest BCUT2D eigenvalue weighted by molar-refractivity contribution is 8.14. The molecular weight excluding hydrogens is 643 g/mol. The molecule has 4 aromatic rings. The number of nitrogens with one attached hydrogen (secondary N) is 1. The second-order valence-electron chi connectivity index (χ2n) is 10.6. The minimum absolute atomic E-state index is 0.123. The third kappa shape index (κ3) is 8.74. The zero-order valence-electron chi connectivity index (χ0n) is 25.4. The van der Waals surface area contributed by atoms with Gasteiger partial charge in [-0.05, 0) is 78.1 Å². The predicted molar refractivity (Wildman–Crippen MR) is 171 cm³/mol. The van der Waals surface area contributed by atoms with Gasteiger partial charge in [-0.2, -0.15) is 4.99 Å². The van der Waals surface area contributed by atoms with E-state index in [0.29, 0.717) is 23.2 Å². The first-order valence-electron chi connectivity index (χ1n) is 14.3. The quantitative estimate of drug-likeness (QED) is 0.198. The van der Waals surface area contributed by atoms with Crippen LogP contribution in [0, 0.1) is 18.6 Å². The van der Waals surface area contributed by atoms with Crippen LogP contribution in [0.15, 0.2) is 65.9 Å². The van der Waals surface area contributed by atoms with E-state index in [9.17, 15) is 18.0 Å². The monoisotopic (exact) mass is 672 g/mol. The van der Waals surface area contributed by atoms with Crippen molar-refractivity contribution in [2.45, 2.75) is 33.1 Å². The van der Waals surface area contributed by atoms with Crippen LogP contribution in [0.25, 0.3) is 17.8 Å². The summed E-state index contributed by atoms with van der Waals surface area (Å²) >= 11 is 1.30. The Balaban J connectivity index is 1.29. The average Bonchev–Trinajstić information content (AvgIpc) is 3.36. The molecular formula is C32H29F5N6O3S. The Bertz CT molecular complexity index is 1780. The summed E-state index contributed by atoms with van der Waals surface area (Å²) in [5, 5.41) is 6.76. The number of nitrogens with zero attached hydrogens (tertiary/aromatic N) is 5. The third-order valence-electron chi connectivity index (χ3n) is 6.77. The minimum Gasteiger partial charge on any atom is -0.406 e. The van der Waals surface area contributed by atoms with E-state index in [1.807, 2.05) is 25.1 Å². The number of carbonyl (C=O) groups excluding carboxylic acids is 1. The van der Waals surface area contributed by atoms with Gasteiger partial charge in [-0.1, -0.05) is 43.8 Å². The van der Waals surface area contributed by atoms with Crippen molar-refractivity contribution in [2.24, 2.45) is 4.99 Å². The highest BCUT2D eigenvalue weighted by Gasteiger charge is 2.31.